The maximum absolute atomic E-state index is 12.7. The van der Waals surface area contributed by atoms with Crippen molar-refractivity contribution >= 4 is 17.2 Å². The summed E-state index contributed by atoms with van der Waals surface area (Å²) < 4.78 is 43.8. The van der Waals surface area contributed by atoms with Gasteiger partial charge in [-0.05, 0) is 29.8 Å². The summed E-state index contributed by atoms with van der Waals surface area (Å²) in [6.45, 7) is 0. The van der Waals surface area contributed by atoms with Crippen LogP contribution < -0.4 is 15.8 Å². The number of alkyl halides is 3. The Hall–Kier alpha value is -3.75. The number of rotatable bonds is 2. The number of benzene rings is 2. The first-order chi connectivity index (χ1) is 13.9. The first-order valence-electron chi connectivity index (χ1n) is 8.75. The van der Waals surface area contributed by atoms with E-state index in [0.29, 0.717) is 11.3 Å². The van der Waals surface area contributed by atoms with E-state index in [1.165, 1.54) is 18.2 Å². The topological polar surface area (TPSA) is 77.5 Å². The van der Waals surface area contributed by atoms with Crippen molar-refractivity contribution in [2.45, 2.75) is 12.4 Å². The lowest BCUT2D eigenvalue weighted by Gasteiger charge is -2.20. The zero-order valence-corrected chi connectivity index (χ0v) is 14.8. The zero-order valence-electron chi connectivity index (χ0n) is 14.8. The van der Waals surface area contributed by atoms with Crippen molar-refractivity contribution in [2.24, 2.45) is 0 Å². The van der Waals surface area contributed by atoms with Crippen LogP contribution in [0.3, 0.4) is 0 Å². The zero-order chi connectivity index (χ0) is 20.2. The minimum absolute atomic E-state index is 0.128. The Balaban J connectivity index is 1.72. The second-order valence-electron chi connectivity index (χ2n) is 6.63. The number of fused-ring (bicyclic) bond motifs is 2. The maximum atomic E-state index is 12.7. The van der Waals surface area contributed by atoms with Crippen LogP contribution in [0.25, 0.3) is 16.8 Å². The molecule has 1 unspecified atom stereocenters. The van der Waals surface area contributed by atoms with Crippen molar-refractivity contribution in [2.75, 3.05) is 11.1 Å². The van der Waals surface area contributed by atoms with E-state index in [1.54, 1.807) is 16.8 Å². The van der Waals surface area contributed by atoms with Gasteiger partial charge in [0.1, 0.15) is 11.4 Å². The molecule has 146 valence electrons. The van der Waals surface area contributed by atoms with E-state index in [9.17, 15) is 13.2 Å². The van der Waals surface area contributed by atoms with E-state index < -0.39 is 12.4 Å². The fourth-order valence-electron chi connectivity index (χ4n) is 3.69. The number of hydrogen-bond donors (Lipinski definition) is 2. The first kappa shape index (κ1) is 17.4. The van der Waals surface area contributed by atoms with Gasteiger partial charge in [0.25, 0.3) is 0 Å². The molecule has 6 nitrogen and oxygen atoms in total. The second-order valence-corrected chi connectivity index (χ2v) is 6.63. The summed E-state index contributed by atoms with van der Waals surface area (Å²) >= 11 is 0. The second kappa shape index (κ2) is 6.13. The summed E-state index contributed by atoms with van der Waals surface area (Å²) in [5, 5.41) is 7.65. The van der Waals surface area contributed by atoms with Crippen molar-refractivity contribution in [3.8, 4) is 17.0 Å². The number of hydrogen-bond acceptors (Lipinski definition) is 5. The molecule has 1 aliphatic heterocycles. The van der Waals surface area contributed by atoms with Gasteiger partial charge >= 0.3 is 6.36 Å². The molecule has 4 aromatic rings. The summed E-state index contributed by atoms with van der Waals surface area (Å²) in [5.41, 5.74) is 10.3. The molecule has 0 saturated carbocycles. The van der Waals surface area contributed by atoms with Crippen LogP contribution in [0.15, 0.2) is 60.8 Å². The highest BCUT2D eigenvalue weighted by Crippen LogP contribution is 2.42. The highest BCUT2D eigenvalue weighted by Gasteiger charge is 2.32. The Labute approximate surface area is 162 Å². The molecule has 9 heteroatoms. The van der Waals surface area contributed by atoms with Crippen molar-refractivity contribution < 1.29 is 17.9 Å². The number of nitrogens with two attached hydrogens (primary N) is 1. The summed E-state index contributed by atoms with van der Waals surface area (Å²) in [5.74, 6) is -0.151. The number of halogens is 3. The van der Waals surface area contributed by atoms with Crippen LogP contribution in [-0.4, -0.2) is 21.0 Å². The number of nitrogens with zero attached hydrogens (tertiary/aromatic N) is 3. The van der Waals surface area contributed by atoms with E-state index in [0.717, 1.165) is 22.3 Å². The lowest BCUT2D eigenvalue weighted by molar-refractivity contribution is -0.274. The molecule has 29 heavy (non-hydrogen) atoms. The number of nitrogen functional groups attached to an aromatic ring is 1. The van der Waals surface area contributed by atoms with Crippen LogP contribution in [0.2, 0.25) is 0 Å². The summed E-state index contributed by atoms with van der Waals surface area (Å²) in [7, 11) is 0. The molecule has 2 aromatic heterocycles. The van der Waals surface area contributed by atoms with Crippen LogP contribution in [0.1, 0.15) is 17.2 Å². The van der Waals surface area contributed by atoms with E-state index in [1.807, 2.05) is 30.3 Å². The summed E-state index contributed by atoms with van der Waals surface area (Å²) in [6.07, 6.45) is -3.01. The van der Waals surface area contributed by atoms with Gasteiger partial charge in [0.15, 0.2) is 0 Å². The Bertz CT molecular complexity index is 1230. The molecule has 0 aliphatic carbocycles. The largest absolute Gasteiger partial charge is 0.573 e. The number of ether oxygens (including phenoxy) is 1. The van der Waals surface area contributed by atoms with Gasteiger partial charge in [-0.2, -0.15) is 0 Å². The Kier molecular flexibility index (Phi) is 3.67. The third-order valence-electron chi connectivity index (χ3n) is 4.78. The lowest BCUT2D eigenvalue weighted by Crippen LogP contribution is -2.18. The Morgan fingerprint density at radius 1 is 1.07 bits per heavy atom. The quantitative estimate of drug-likeness (QED) is 0.525. The molecule has 0 amide bonds. The van der Waals surface area contributed by atoms with Crippen LogP contribution in [0, 0.1) is 0 Å². The molecule has 0 bridgehead atoms. The molecule has 3 heterocycles. The van der Waals surface area contributed by atoms with Crippen LogP contribution in [0.5, 0.6) is 5.75 Å². The number of anilines is 2. The molecule has 1 atom stereocenters. The average Bonchev–Trinajstić information content (AvgIpc) is 3.01. The van der Waals surface area contributed by atoms with Crippen LogP contribution >= 0.6 is 0 Å². The molecule has 0 radical (unpaired) electrons. The van der Waals surface area contributed by atoms with Gasteiger partial charge in [-0.3, -0.25) is 0 Å². The SMILES string of the molecule is Nc1nc2c3c(ccn3n1)C(c1cccc(OC(F)(F)F)c1)Nc1ccccc1-2. The first-order valence-corrected chi connectivity index (χ1v) is 8.75. The van der Waals surface area contributed by atoms with Crippen LogP contribution in [0.4, 0.5) is 24.8 Å². The standard InChI is InChI=1S/C20H14F3N5O/c21-20(22,23)29-12-5-3-4-11(10-12)16-14-8-9-28-18(14)17(26-19(24)27-28)13-6-1-2-7-15(13)25-16/h1-10,16,25H,(H2,24,27). The van der Waals surface area contributed by atoms with Gasteiger partial charge in [0, 0.05) is 23.0 Å². The van der Waals surface area contributed by atoms with Gasteiger partial charge < -0.3 is 15.8 Å². The highest BCUT2D eigenvalue weighted by atomic mass is 19.4. The Morgan fingerprint density at radius 2 is 1.90 bits per heavy atom. The van der Waals surface area contributed by atoms with E-state index in [-0.39, 0.29) is 11.7 Å². The minimum Gasteiger partial charge on any atom is -0.406 e. The van der Waals surface area contributed by atoms with Crippen LogP contribution in [-0.2, 0) is 0 Å². The minimum atomic E-state index is -4.76. The summed E-state index contributed by atoms with van der Waals surface area (Å²) in [4.78, 5) is 4.43. The fraction of sp³-hybridized carbons (Fsp3) is 0.100. The van der Waals surface area contributed by atoms with Crippen molar-refractivity contribution in [1.29, 1.82) is 0 Å². The molecule has 3 N–H and O–H groups in total. The molecular weight excluding hydrogens is 383 g/mol. The predicted molar refractivity (Wildman–Crippen MR) is 101 cm³/mol. The van der Waals surface area contributed by atoms with Gasteiger partial charge in [-0.25, -0.2) is 9.50 Å². The van der Waals surface area contributed by atoms with Gasteiger partial charge in [-0.1, -0.05) is 30.3 Å². The van der Waals surface area contributed by atoms with E-state index >= 15 is 0 Å². The van der Waals surface area contributed by atoms with Crippen molar-refractivity contribution in [1.82, 2.24) is 14.6 Å². The monoisotopic (exact) mass is 397 g/mol. The third-order valence-corrected chi connectivity index (χ3v) is 4.78. The van der Waals surface area contributed by atoms with E-state index in [2.05, 4.69) is 20.1 Å². The highest BCUT2D eigenvalue weighted by molar-refractivity contribution is 5.90. The molecular formula is C20H14F3N5O. The molecule has 2 aromatic carbocycles. The smallest absolute Gasteiger partial charge is 0.406 e. The fourth-order valence-corrected chi connectivity index (χ4v) is 3.69. The van der Waals surface area contributed by atoms with Gasteiger partial charge in [-0.15, -0.1) is 18.3 Å². The van der Waals surface area contributed by atoms with Gasteiger partial charge in [0.2, 0.25) is 5.95 Å². The third kappa shape index (κ3) is 3.00. The van der Waals surface area contributed by atoms with E-state index in [4.69, 9.17) is 5.73 Å². The normalized spacial score (nSPS) is 15.5. The Morgan fingerprint density at radius 3 is 2.72 bits per heavy atom. The number of nitrogens with one attached hydrogen (secondary N) is 1. The molecule has 5 rings (SSSR count). The number of aromatic nitrogens is 3. The molecule has 0 saturated heterocycles. The lowest BCUT2D eigenvalue weighted by atomic mass is 9.99. The van der Waals surface area contributed by atoms with Gasteiger partial charge in [0.05, 0.1) is 11.6 Å². The number of para-hydroxylation sites is 1. The molecule has 0 fully saturated rings. The summed E-state index contributed by atoms with van der Waals surface area (Å²) in [6, 6.07) is 14.9. The van der Waals surface area contributed by atoms with Crippen molar-refractivity contribution in [3.63, 3.8) is 0 Å². The average molecular weight is 397 g/mol. The van der Waals surface area contributed by atoms with Crippen molar-refractivity contribution in [3.05, 3.63) is 71.9 Å². The molecule has 0 spiro atoms. The predicted octanol–water partition coefficient (Wildman–Crippen LogP) is 4.39. The maximum Gasteiger partial charge on any atom is 0.573 e. The molecule has 1 aliphatic rings.